The average Bonchev–Trinajstić information content (AvgIpc) is 2.94. The van der Waals surface area contributed by atoms with Crippen molar-refractivity contribution < 1.29 is 5.11 Å². The van der Waals surface area contributed by atoms with E-state index < -0.39 is 6.10 Å². The topological polar surface area (TPSA) is 62.5 Å². The molecule has 20 heavy (non-hydrogen) atoms. The first-order valence-electron chi connectivity index (χ1n) is 6.56. The molecule has 1 atom stereocenters. The molecule has 2 N–H and O–H groups in total. The number of anilines is 1. The highest BCUT2D eigenvalue weighted by atomic mass is 16.3. The van der Waals surface area contributed by atoms with Crippen LogP contribution in [-0.2, 0) is 0 Å². The highest BCUT2D eigenvalue weighted by Crippen LogP contribution is 2.21. The second-order valence-electron chi connectivity index (χ2n) is 4.72. The fourth-order valence-electron chi connectivity index (χ4n) is 2.05. The van der Waals surface area contributed by atoms with Crippen molar-refractivity contribution in [2.75, 3.05) is 11.9 Å². The van der Waals surface area contributed by atoms with Gasteiger partial charge in [0.05, 0.1) is 18.0 Å². The Balaban J connectivity index is 2.06. The van der Waals surface area contributed by atoms with E-state index in [4.69, 9.17) is 0 Å². The summed E-state index contributed by atoms with van der Waals surface area (Å²) in [5.41, 5.74) is 2.71. The molecule has 0 aliphatic carbocycles. The molecule has 0 amide bonds. The minimum atomic E-state index is -0.422. The maximum absolute atomic E-state index is 9.41. The van der Waals surface area contributed by atoms with E-state index in [1.807, 2.05) is 42.5 Å². The van der Waals surface area contributed by atoms with Crippen LogP contribution < -0.4 is 5.32 Å². The van der Waals surface area contributed by atoms with Crippen LogP contribution in [-0.4, -0.2) is 32.4 Å². The number of hydrogen-bond donors (Lipinski definition) is 2. The minimum absolute atomic E-state index is 0.422. The molecular weight excluding hydrogens is 252 g/mol. The number of aliphatic hydroxyl groups is 1. The fourth-order valence-corrected chi connectivity index (χ4v) is 2.05. The van der Waals surface area contributed by atoms with Crippen LogP contribution in [0.5, 0.6) is 0 Å². The van der Waals surface area contributed by atoms with Crippen LogP contribution in [0, 0.1) is 0 Å². The van der Waals surface area contributed by atoms with Gasteiger partial charge in [-0.25, -0.2) is 4.98 Å². The fraction of sp³-hybridized carbons (Fsp3) is 0.200. The van der Waals surface area contributed by atoms with Gasteiger partial charge in [-0.2, -0.15) is 9.61 Å². The van der Waals surface area contributed by atoms with E-state index in [0.717, 1.165) is 22.7 Å². The third-order valence-electron chi connectivity index (χ3n) is 3.01. The molecule has 0 aliphatic heterocycles. The predicted octanol–water partition coefficient (Wildman–Crippen LogP) is 2.19. The summed E-state index contributed by atoms with van der Waals surface area (Å²) in [5, 5.41) is 16.9. The molecule has 0 fully saturated rings. The number of rotatable bonds is 4. The Morgan fingerprint density at radius 2 is 2.05 bits per heavy atom. The Morgan fingerprint density at radius 1 is 1.25 bits per heavy atom. The van der Waals surface area contributed by atoms with Gasteiger partial charge in [-0.3, -0.25) is 0 Å². The van der Waals surface area contributed by atoms with E-state index in [-0.39, 0.29) is 0 Å². The summed E-state index contributed by atoms with van der Waals surface area (Å²) in [5.74, 6) is 0.819. The molecule has 0 radical (unpaired) electrons. The first-order valence-corrected chi connectivity index (χ1v) is 6.56. The average molecular weight is 268 g/mol. The van der Waals surface area contributed by atoms with E-state index in [9.17, 15) is 5.11 Å². The number of nitrogens with one attached hydrogen (secondary N) is 1. The summed E-state index contributed by atoms with van der Waals surface area (Å²) >= 11 is 0. The van der Waals surface area contributed by atoms with Gasteiger partial charge in [-0.15, -0.1) is 0 Å². The van der Waals surface area contributed by atoms with E-state index in [1.165, 1.54) is 0 Å². The lowest BCUT2D eigenvalue weighted by molar-refractivity contribution is 0.208. The molecular formula is C15H16N4O. The Morgan fingerprint density at radius 3 is 2.80 bits per heavy atom. The number of aromatic nitrogens is 3. The lowest BCUT2D eigenvalue weighted by atomic mass is 10.1. The van der Waals surface area contributed by atoms with Gasteiger partial charge in [0.25, 0.3) is 0 Å². The zero-order valence-corrected chi connectivity index (χ0v) is 11.2. The number of aliphatic hydroxyl groups excluding tert-OH is 1. The van der Waals surface area contributed by atoms with Gasteiger partial charge in [0, 0.05) is 24.2 Å². The van der Waals surface area contributed by atoms with Gasteiger partial charge in [-0.1, -0.05) is 30.3 Å². The van der Waals surface area contributed by atoms with Gasteiger partial charge in [0.1, 0.15) is 5.82 Å². The van der Waals surface area contributed by atoms with Crippen molar-refractivity contribution in [3.63, 3.8) is 0 Å². The summed E-state index contributed by atoms with van der Waals surface area (Å²) in [4.78, 5) is 4.59. The lowest BCUT2D eigenvalue weighted by Gasteiger charge is -2.11. The van der Waals surface area contributed by atoms with Crippen LogP contribution in [0.25, 0.3) is 16.9 Å². The number of benzene rings is 1. The van der Waals surface area contributed by atoms with Gasteiger partial charge >= 0.3 is 0 Å². The van der Waals surface area contributed by atoms with Crippen LogP contribution in [0.1, 0.15) is 6.92 Å². The van der Waals surface area contributed by atoms with Crippen LogP contribution in [0.2, 0.25) is 0 Å². The zero-order chi connectivity index (χ0) is 13.9. The Kier molecular flexibility index (Phi) is 3.35. The summed E-state index contributed by atoms with van der Waals surface area (Å²) < 4.78 is 1.73. The van der Waals surface area contributed by atoms with Crippen molar-refractivity contribution in [2.24, 2.45) is 0 Å². The third-order valence-corrected chi connectivity index (χ3v) is 3.01. The maximum atomic E-state index is 9.41. The van der Waals surface area contributed by atoms with Gasteiger partial charge in [0.15, 0.2) is 5.65 Å². The van der Waals surface area contributed by atoms with Crippen molar-refractivity contribution in [3.8, 4) is 11.3 Å². The molecule has 0 bridgehead atoms. The largest absolute Gasteiger partial charge is 0.392 e. The molecule has 102 valence electrons. The van der Waals surface area contributed by atoms with E-state index >= 15 is 0 Å². The number of hydrogen-bond acceptors (Lipinski definition) is 4. The lowest BCUT2D eigenvalue weighted by Crippen LogP contribution is -2.17. The molecule has 0 aliphatic rings. The normalized spacial score (nSPS) is 12.5. The molecule has 1 aromatic carbocycles. The quantitative estimate of drug-likeness (QED) is 0.761. The zero-order valence-electron chi connectivity index (χ0n) is 11.2. The molecule has 5 heteroatoms. The Bertz CT molecular complexity index is 706. The van der Waals surface area contributed by atoms with Crippen molar-refractivity contribution in [1.82, 2.24) is 14.6 Å². The maximum Gasteiger partial charge on any atom is 0.157 e. The predicted molar refractivity (Wildman–Crippen MR) is 78.6 cm³/mol. The SMILES string of the molecule is C[C@@H](O)CNc1cc(-c2ccccc2)nc2ccnn12. The molecule has 3 rings (SSSR count). The molecule has 0 spiro atoms. The molecule has 3 aromatic rings. The van der Waals surface area contributed by atoms with E-state index in [2.05, 4.69) is 15.4 Å². The second-order valence-corrected chi connectivity index (χ2v) is 4.72. The van der Waals surface area contributed by atoms with Gasteiger partial charge < -0.3 is 10.4 Å². The minimum Gasteiger partial charge on any atom is -0.392 e. The van der Waals surface area contributed by atoms with Crippen molar-refractivity contribution >= 4 is 11.5 Å². The molecule has 0 saturated heterocycles. The first kappa shape index (κ1) is 12.6. The van der Waals surface area contributed by atoms with Crippen molar-refractivity contribution in [1.29, 1.82) is 0 Å². The van der Waals surface area contributed by atoms with Crippen LogP contribution in [0.15, 0.2) is 48.7 Å². The van der Waals surface area contributed by atoms with Crippen LogP contribution in [0.3, 0.4) is 0 Å². The Labute approximate surface area is 116 Å². The van der Waals surface area contributed by atoms with Crippen molar-refractivity contribution in [3.05, 3.63) is 48.7 Å². The standard InChI is InChI=1S/C15H16N4O/c1-11(20)10-16-15-9-13(12-5-3-2-4-6-12)18-14-7-8-17-19(14)15/h2-9,11,16,20H,10H2,1H3/t11-/m1/s1. The Hall–Kier alpha value is -2.40. The monoisotopic (exact) mass is 268 g/mol. The van der Waals surface area contributed by atoms with Gasteiger partial charge in [-0.05, 0) is 6.92 Å². The molecule has 2 heterocycles. The summed E-state index contributed by atoms with van der Waals surface area (Å²) in [6.07, 6.45) is 1.29. The summed E-state index contributed by atoms with van der Waals surface area (Å²) in [7, 11) is 0. The molecule has 5 nitrogen and oxygen atoms in total. The van der Waals surface area contributed by atoms with Gasteiger partial charge in [0.2, 0.25) is 0 Å². The van der Waals surface area contributed by atoms with E-state index in [0.29, 0.717) is 6.54 Å². The van der Waals surface area contributed by atoms with Crippen molar-refractivity contribution in [2.45, 2.75) is 13.0 Å². The molecule has 0 unspecified atom stereocenters. The first-order chi connectivity index (χ1) is 9.74. The smallest absolute Gasteiger partial charge is 0.157 e. The number of nitrogens with zero attached hydrogens (tertiary/aromatic N) is 3. The molecule has 2 aromatic heterocycles. The van der Waals surface area contributed by atoms with Crippen LogP contribution >= 0.6 is 0 Å². The van der Waals surface area contributed by atoms with Crippen LogP contribution in [0.4, 0.5) is 5.82 Å². The second kappa shape index (κ2) is 5.30. The highest BCUT2D eigenvalue weighted by Gasteiger charge is 2.08. The third kappa shape index (κ3) is 2.48. The highest BCUT2D eigenvalue weighted by molar-refractivity contribution is 5.66. The summed E-state index contributed by atoms with van der Waals surface area (Å²) in [6, 6.07) is 13.8. The summed E-state index contributed by atoms with van der Waals surface area (Å²) in [6.45, 7) is 2.21. The molecule has 0 saturated carbocycles. The number of fused-ring (bicyclic) bond motifs is 1. The van der Waals surface area contributed by atoms with E-state index in [1.54, 1.807) is 17.6 Å².